The van der Waals surface area contributed by atoms with Crippen LogP contribution < -0.4 is 0 Å². The summed E-state index contributed by atoms with van der Waals surface area (Å²) >= 11 is 0. The van der Waals surface area contributed by atoms with Crippen LogP contribution in [0.15, 0.2) is 0 Å². The molecular formula is C12H28N2Ti. The molecule has 0 unspecified atom stereocenters. The predicted molar refractivity (Wildman–Crippen MR) is 66.8 cm³/mol. The summed E-state index contributed by atoms with van der Waals surface area (Å²) in [5, 5.41) is 3.97. The molecule has 0 aromatic heterocycles. The van der Waals surface area contributed by atoms with E-state index in [0.717, 1.165) is 19.6 Å². The van der Waals surface area contributed by atoms with E-state index in [1.54, 1.807) is 0 Å². The Morgan fingerprint density at radius 3 is 1.33 bits per heavy atom. The summed E-state index contributed by atoms with van der Waals surface area (Å²) in [5.41, 5.74) is 0. The molecule has 3 heteroatoms. The summed E-state index contributed by atoms with van der Waals surface area (Å²) in [6.45, 7) is 19.6. The smallest absolute Gasteiger partial charge is 0.663 e. The van der Waals surface area contributed by atoms with Crippen molar-refractivity contribution in [1.82, 2.24) is 4.90 Å². The molecule has 0 aromatic carbocycles. The molecule has 0 saturated heterocycles. The number of nitrogens with zero attached hydrogens (tertiary/aromatic N) is 2. The first-order valence-corrected chi connectivity index (χ1v) is 5.69. The van der Waals surface area contributed by atoms with Gasteiger partial charge in [0.2, 0.25) is 0 Å². The Morgan fingerprint density at radius 2 is 1.33 bits per heavy atom. The second-order valence-electron chi connectivity index (χ2n) is 3.78. The molecule has 0 spiro atoms. The van der Waals surface area contributed by atoms with E-state index in [1.807, 2.05) is 13.8 Å². The SMILES string of the molecule is CC[N-]CC.[CH2-]CN(C(C)C)C(C)C.[Ti+2]. The predicted octanol–water partition coefficient (Wildman–Crippen LogP) is 3.34. The van der Waals surface area contributed by atoms with Crippen molar-refractivity contribution >= 4 is 0 Å². The molecule has 0 aliphatic carbocycles. The van der Waals surface area contributed by atoms with Crippen LogP contribution in [0.25, 0.3) is 5.32 Å². The zero-order valence-corrected chi connectivity index (χ0v) is 12.9. The molecule has 0 fully saturated rings. The van der Waals surface area contributed by atoms with Crippen LogP contribution in [0.4, 0.5) is 0 Å². The van der Waals surface area contributed by atoms with Crippen LogP contribution in [0.5, 0.6) is 0 Å². The molecule has 0 aliphatic heterocycles. The maximum atomic E-state index is 3.97. The first-order chi connectivity index (χ1) is 6.51. The van der Waals surface area contributed by atoms with E-state index in [-0.39, 0.29) is 21.7 Å². The van der Waals surface area contributed by atoms with Crippen molar-refractivity contribution < 1.29 is 21.7 Å². The first kappa shape index (κ1) is 21.0. The third-order valence-corrected chi connectivity index (χ3v) is 2.03. The van der Waals surface area contributed by atoms with Crippen molar-refractivity contribution in [3.05, 3.63) is 12.2 Å². The summed E-state index contributed by atoms with van der Waals surface area (Å²) in [4.78, 5) is 2.35. The summed E-state index contributed by atoms with van der Waals surface area (Å²) in [6, 6.07) is 1.25. The summed E-state index contributed by atoms with van der Waals surface area (Å²) < 4.78 is 0. The van der Waals surface area contributed by atoms with Crippen LogP contribution in [-0.4, -0.2) is 36.6 Å². The van der Waals surface area contributed by atoms with E-state index < -0.39 is 0 Å². The van der Waals surface area contributed by atoms with Crippen molar-refractivity contribution in [2.24, 2.45) is 0 Å². The fourth-order valence-electron chi connectivity index (χ4n) is 1.34. The van der Waals surface area contributed by atoms with E-state index in [2.05, 4.69) is 44.8 Å². The minimum atomic E-state index is 0. The van der Waals surface area contributed by atoms with Gasteiger partial charge in [0.15, 0.2) is 0 Å². The van der Waals surface area contributed by atoms with Crippen molar-refractivity contribution in [3.63, 3.8) is 0 Å². The molecule has 0 bridgehead atoms. The molecule has 2 nitrogen and oxygen atoms in total. The van der Waals surface area contributed by atoms with Gasteiger partial charge in [-0.05, 0) is 27.7 Å². The van der Waals surface area contributed by atoms with E-state index in [1.165, 1.54) is 0 Å². The monoisotopic (exact) mass is 248 g/mol. The number of rotatable bonds is 5. The second-order valence-corrected chi connectivity index (χ2v) is 3.78. The molecule has 0 aliphatic rings. The van der Waals surface area contributed by atoms with Gasteiger partial charge in [0, 0.05) is 12.1 Å². The number of hydrogen-bond acceptors (Lipinski definition) is 1. The minimum absolute atomic E-state index is 0. The Kier molecular flexibility index (Phi) is 20.5. The molecule has 0 N–H and O–H groups in total. The van der Waals surface area contributed by atoms with Gasteiger partial charge in [0.05, 0.1) is 0 Å². The van der Waals surface area contributed by atoms with Gasteiger partial charge in [0.1, 0.15) is 0 Å². The van der Waals surface area contributed by atoms with Crippen molar-refractivity contribution in [2.75, 3.05) is 19.6 Å². The molecule has 0 radical (unpaired) electrons. The van der Waals surface area contributed by atoms with Gasteiger partial charge in [-0.2, -0.15) is 13.1 Å². The van der Waals surface area contributed by atoms with Gasteiger partial charge in [-0.3, -0.25) is 0 Å². The van der Waals surface area contributed by atoms with Crippen molar-refractivity contribution in [1.29, 1.82) is 0 Å². The first-order valence-electron chi connectivity index (χ1n) is 5.69. The van der Waals surface area contributed by atoms with Crippen LogP contribution in [0.1, 0.15) is 41.5 Å². The van der Waals surface area contributed by atoms with Crippen LogP contribution in [-0.2, 0) is 21.7 Å². The van der Waals surface area contributed by atoms with Gasteiger partial charge in [-0.1, -0.05) is 13.8 Å². The van der Waals surface area contributed by atoms with Gasteiger partial charge in [0.25, 0.3) is 0 Å². The Labute approximate surface area is 112 Å². The molecule has 0 rings (SSSR count). The van der Waals surface area contributed by atoms with Crippen LogP contribution in [0, 0.1) is 6.92 Å². The molecular weight excluding hydrogens is 220 g/mol. The van der Waals surface area contributed by atoms with E-state index >= 15 is 0 Å². The Balaban J connectivity index is -0.000000208. The van der Waals surface area contributed by atoms with E-state index in [4.69, 9.17) is 0 Å². The molecule has 0 aromatic rings. The molecule has 15 heavy (non-hydrogen) atoms. The third-order valence-electron chi connectivity index (χ3n) is 2.03. The fraction of sp³-hybridized carbons (Fsp3) is 0.917. The molecule has 0 heterocycles. The maximum Gasteiger partial charge on any atom is 2.00 e. The summed E-state index contributed by atoms with van der Waals surface area (Å²) in [5.74, 6) is 0. The van der Waals surface area contributed by atoms with Gasteiger partial charge in [-0.15, -0.1) is 6.54 Å². The van der Waals surface area contributed by atoms with Gasteiger partial charge >= 0.3 is 21.7 Å². The zero-order chi connectivity index (χ0) is 11.6. The Bertz CT molecular complexity index is 95.8. The Morgan fingerprint density at radius 1 is 1.00 bits per heavy atom. The fourth-order valence-corrected chi connectivity index (χ4v) is 1.34. The molecule has 0 saturated carbocycles. The van der Waals surface area contributed by atoms with Crippen LogP contribution in [0.3, 0.4) is 0 Å². The summed E-state index contributed by atoms with van der Waals surface area (Å²) in [6.07, 6.45) is 0. The van der Waals surface area contributed by atoms with Crippen molar-refractivity contribution in [3.8, 4) is 0 Å². The third kappa shape index (κ3) is 14.6. The quantitative estimate of drug-likeness (QED) is 0.539. The normalized spacial score (nSPS) is 10.0. The standard InChI is InChI=1S/C8H18N.C4H10N.Ti/c1-6-9(7(2)3)8(4)5;1-3-5-4-2;/h7-8H,1,6H2,2-5H3;3-4H2,1-2H3;/q2*-1;+2. The molecule has 0 amide bonds. The van der Waals surface area contributed by atoms with Gasteiger partial charge < -0.3 is 17.1 Å². The second kappa shape index (κ2) is 14.6. The van der Waals surface area contributed by atoms with Gasteiger partial charge in [-0.25, -0.2) is 0 Å². The van der Waals surface area contributed by atoms with Crippen molar-refractivity contribution in [2.45, 2.75) is 53.6 Å². The van der Waals surface area contributed by atoms with E-state index in [9.17, 15) is 0 Å². The summed E-state index contributed by atoms with van der Waals surface area (Å²) in [7, 11) is 0. The van der Waals surface area contributed by atoms with Crippen LogP contribution >= 0.6 is 0 Å². The Hall–Kier alpha value is 0.634. The van der Waals surface area contributed by atoms with Crippen LogP contribution in [0.2, 0.25) is 0 Å². The zero-order valence-electron chi connectivity index (χ0n) is 11.4. The largest absolute Gasteiger partial charge is 2.00 e. The average Bonchev–Trinajstić information content (AvgIpc) is 2.06. The van der Waals surface area contributed by atoms with E-state index in [0.29, 0.717) is 12.1 Å². The molecule has 90 valence electrons. The number of hydrogen-bond donors (Lipinski definition) is 0. The average molecular weight is 248 g/mol. The topological polar surface area (TPSA) is 17.3 Å². The maximum absolute atomic E-state index is 3.97. The minimum Gasteiger partial charge on any atom is -0.663 e. The molecule has 0 atom stereocenters.